The lowest BCUT2D eigenvalue weighted by Gasteiger charge is -2.07. The van der Waals surface area contributed by atoms with Crippen LogP contribution in [0.25, 0.3) is 0 Å². The molecule has 0 radical (unpaired) electrons. The summed E-state index contributed by atoms with van der Waals surface area (Å²) in [4.78, 5) is 4.05. The summed E-state index contributed by atoms with van der Waals surface area (Å²) in [6.45, 7) is 2.53. The molecule has 0 unspecified atom stereocenters. The van der Waals surface area contributed by atoms with Gasteiger partial charge in [-0.2, -0.15) is 0 Å². The van der Waals surface area contributed by atoms with Crippen molar-refractivity contribution in [2.45, 2.75) is 6.42 Å². The number of nitrogens with zero attached hydrogens (tertiary/aromatic N) is 1. The number of rotatable bonds is 8. The molecule has 0 saturated heterocycles. The highest BCUT2D eigenvalue weighted by Gasteiger charge is 1.99. The van der Waals surface area contributed by atoms with E-state index in [4.69, 9.17) is 14.2 Å². The monoisotopic (exact) mass is 289 g/mol. The van der Waals surface area contributed by atoms with Crippen LogP contribution in [0.5, 0.6) is 5.75 Å². The molecule has 0 aromatic carbocycles. The third-order valence-corrected chi connectivity index (χ3v) is 2.44. The Morgan fingerprint density at radius 2 is 2.12 bits per heavy atom. The van der Waals surface area contributed by atoms with E-state index in [0.717, 1.165) is 23.4 Å². The molecule has 0 saturated carbocycles. The second kappa shape index (κ2) is 8.50. The summed E-state index contributed by atoms with van der Waals surface area (Å²) in [5.41, 5.74) is 0. The van der Waals surface area contributed by atoms with Crippen molar-refractivity contribution < 1.29 is 14.2 Å². The lowest BCUT2D eigenvalue weighted by atomic mass is 10.5. The number of methoxy groups -OCH3 is 1. The van der Waals surface area contributed by atoms with Crippen molar-refractivity contribution in [3.63, 3.8) is 0 Å². The van der Waals surface area contributed by atoms with Crippen LogP contribution >= 0.6 is 15.9 Å². The minimum atomic E-state index is 0.525. The Morgan fingerprint density at radius 3 is 2.88 bits per heavy atom. The SMILES string of the molecule is COCCCOCCOc1cccnc1Br. The molecule has 16 heavy (non-hydrogen) atoms. The molecule has 0 fully saturated rings. The molecule has 1 heterocycles. The van der Waals surface area contributed by atoms with Gasteiger partial charge in [-0.1, -0.05) is 0 Å². The number of ether oxygens (including phenoxy) is 3. The average molecular weight is 290 g/mol. The lowest BCUT2D eigenvalue weighted by Crippen LogP contribution is -2.08. The first-order valence-electron chi connectivity index (χ1n) is 5.14. The highest BCUT2D eigenvalue weighted by Crippen LogP contribution is 2.20. The van der Waals surface area contributed by atoms with Crippen LogP contribution in [0.15, 0.2) is 22.9 Å². The second-order valence-electron chi connectivity index (χ2n) is 3.10. The van der Waals surface area contributed by atoms with E-state index >= 15 is 0 Å². The van der Waals surface area contributed by atoms with E-state index in [1.165, 1.54) is 0 Å². The molecule has 0 bridgehead atoms. The Balaban J connectivity index is 2.05. The van der Waals surface area contributed by atoms with Gasteiger partial charge in [-0.3, -0.25) is 0 Å². The quantitative estimate of drug-likeness (QED) is 0.544. The Labute approximate surface area is 104 Å². The van der Waals surface area contributed by atoms with Crippen LogP contribution < -0.4 is 4.74 Å². The van der Waals surface area contributed by atoms with Crippen molar-refractivity contribution in [3.8, 4) is 5.75 Å². The van der Waals surface area contributed by atoms with Gasteiger partial charge in [0.05, 0.1) is 6.61 Å². The van der Waals surface area contributed by atoms with E-state index in [1.54, 1.807) is 13.3 Å². The predicted molar refractivity (Wildman–Crippen MR) is 64.7 cm³/mol. The molecule has 1 rings (SSSR count). The third-order valence-electron chi connectivity index (χ3n) is 1.85. The Bertz CT molecular complexity index is 296. The summed E-state index contributed by atoms with van der Waals surface area (Å²) in [5.74, 6) is 0.739. The largest absolute Gasteiger partial charge is 0.488 e. The van der Waals surface area contributed by atoms with Crippen molar-refractivity contribution in [3.05, 3.63) is 22.9 Å². The van der Waals surface area contributed by atoms with E-state index in [1.807, 2.05) is 12.1 Å². The van der Waals surface area contributed by atoms with E-state index in [9.17, 15) is 0 Å². The standard InChI is InChI=1S/C11H16BrNO3/c1-14-6-3-7-15-8-9-16-10-4-2-5-13-11(10)12/h2,4-5H,3,6-9H2,1H3. The molecule has 90 valence electrons. The maximum atomic E-state index is 5.48. The fourth-order valence-corrected chi connectivity index (χ4v) is 1.46. The van der Waals surface area contributed by atoms with Crippen LogP contribution in [0.4, 0.5) is 0 Å². The van der Waals surface area contributed by atoms with Crippen LogP contribution in [-0.4, -0.2) is 38.5 Å². The number of halogens is 1. The minimum Gasteiger partial charge on any atom is -0.488 e. The van der Waals surface area contributed by atoms with Crippen LogP contribution in [0.2, 0.25) is 0 Å². The Kier molecular flexibility index (Phi) is 7.12. The summed E-state index contributed by atoms with van der Waals surface area (Å²) >= 11 is 3.31. The van der Waals surface area contributed by atoms with E-state index < -0.39 is 0 Å². The van der Waals surface area contributed by atoms with E-state index in [0.29, 0.717) is 19.8 Å². The summed E-state index contributed by atoms with van der Waals surface area (Å²) in [5, 5.41) is 0. The highest BCUT2D eigenvalue weighted by molar-refractivity contribution is 9.10. The molecule has 1 aromatic heterocycles. The van der Waals surface area contributed by atoms with Crippen LogP contribution in [0, 0.1) is 0 Å². The van der Waals surface area contributed by atoms with Gasteiger partial charge in [-0.25, -0.2) is 4.98 Å². The summed E-state index contributed by atoms with van der Waals surface area (Å²) < 4.78 is 16.5. The maximum Gasteiger partial charge on any atom is 0.152 e. The number of hydrogen-bond acceptors (Lipinski definition) is 4. The van der Waals surface area contributed by atoms with Crippen LogP contribution in [-0.2, 0) is 9.47 Å². The molecule has 4 nitrogen and oxygen atoms in total. The molecule has 0 atom stereocenters. The summed E-state index contributed by atoms with van der Waals surface area (Å²) in [7, 11) is 1.68. The fraction of sp³-hybridized carbons (Fsp3) is 0.545. The molecular formula is C11H16BrNO3. The van der Waals surface area contributed by atoms with Gasteiger partial charge < -0.3 is 14.2 Å². The molecule has 1 aromatic rings. The van der Waals surface area contributed by atoms with Gasteiger partial charge in [0.1, 0.15) is 11.2 Å². The fourth-order valence-electron chi connectivity index (χ4n) is 1.10. The minimum absolute atomic E-state index is 0.525. The maximum absolute atomic E-state index is 5.48. The molecule has 5 heteroatoms. The first kappa shape index (κ1) is 13.4. The van der Waals surface area contributed by atoms with Crippen molar-refractivity contribution >= 4 is 15.9 Å². The van der Waals surface area contributed by atoms with Crippen molar-refractivity contribution in [2.75, 3.05) is 33.5 Å². The van der Waals surface area contributed by atoms with Gasteiger partial charge in [0.15, 0.2) is 5.75 Å². The van der Waals surface area contributed by atoms with Gasteiger partial charge in [-0.15, -0.1) is 0 Å². The van der Waals surface area contributed by atoms with Crippen molar-refractivity contribution in [2.24, 2.45) is 0 Å². The first-order valence-corrected chi connectivity index (χ1v) is 5.94. The number of pyridine rings is 1. The van der Waals surface area contributed by atoms with E-state index in [2.05, 4.69) is 20.9 Å². The van der Waals surface area contributed by atoms with Crippen LogP contribution in [0.3, 0.4) is 0 Å². The summed E-state index contributed by atoms with van der Waals surface area (Å²) in [6.07, 6.45) is 2.62. The molecule has 0 aliphatic rings. The third kappa shape index (κ3) is 5.44. The normalized spacial score (nSPS) is 10.4. The van der Waals surface area contributed by atoms with Gasteiger partial charge >= 0.3 is 0 Å². The van der Waals surface area contributed by atoms with Gasteiger partial charge in [0.2, 0.25) is 0 Å². The zero-order valence-electron chi connectivity index (χ0n) is 9.32. The lowest BCUT2D eigenvalue weighted by molar-refractivity contribution is 0.0804. The van der Waals surface area contributed by atoms with Crippen molar-refractivity contribution in [1.29, 1.82) is 0 Å². The molecule has 0 spiro atoms. The van der Waals surface area contributed by atoms with Gasteiger partial charge in [0, 0.05) is 26.5 Å². The first-order chi connectivity index (χ1) is 7.84. The average Bonchev–Trinajstić information content (AvgIpc) is 2.30. The van der Waals surface area contributed by atoms with Gasteiger partial charge in [-0.05, 0) is 34.5 Å². The van der Waals surface area contributed by atoms with Crippen LogP contribution in [0.1, 0.15) is 6.42 Å². The molecular weight excluding hydrogens is 274 g/mol. The van der Waals surface area contributed by atoms with E-state index in [-0.39, 0.29) is 0 Å². The Hall–Kier alpha value is -0.650. The van der Waals surface area contributed by atoms with Crippen molar-refractivity contribution in [1.82, 2.24) is 4.98 Å². The predicted octanol–water partition coefficient (Wildman–Crippen LogP) is 2.28. The zero-order chi connectivity index (χ0) is 11.6. The molecule has 0 aliphatic carbocycles. The molecule has 0 N–H and O–H groups in total. The topological polar surface area (TPSA) is 40.6 Å². The smallest absolute Gasteiger partial charge is 0.152 e. The number of hydrogen-bond donors (Lipinski definition) is 0. The molecule has 0 amide bonds. The zero-order valence-corrected chi connectivity index (χ0v) is 10.9. The highest BCUT2D eigenvalue weighted by atomic mass is 79.9. The van der Waals surface area contributed by atoms with Gasteiger partial charge in [0.25, 0.3) is 0 Å². The second-order valence-corrected chi connectivity index (χ2v) is 3.85. The number of aromatic nitrogens is 1. The Morgan fingerprint density at radius 1 is 1.25 bits per heavy atom. The summed E-state index contributed by atoms with van der Waals surface area (Å²) in [6, 6.07) is 3.70. The molecule has 0 aliphatic heterocycles.